The van der Waals surface area contributed by atoms with Crippen LogP contribution in [0, 0.1) is 0 Å². The quantitative estimate of drug-likeness (QED) is 0.869. The van der Waals surface area contributed by atoms with Crippen molar-refractivity contribution in [1.82, 2.24) is 4.98 Å². The van der Waals surface area contributed by atoms with Crippen LogP contribution in [0.25, 0.3) is 0 Å². The van der Waals surface area contributed by atoms with Gasteiger partial charge in [0.05, 0.1) is 26.1 Å². The minimum Gasteiger partial charge on any atom is -0.493 e. The molecule has 0 saturated heterocycles. The van der Waals surface area contributed by atoms with E-state index in [0.717, 1.165) is 0 Å². The number of hydrogen-bond acceptors (Lipinski definition) is 6. The molecule has 2 rings (SSSR count). The Kier molecular flexibility index (Phi) is 4.13. The van der Waals surface area contributed by atoms with Crippen molar-refractivity contribution in [2.75, 3.05) is 20.0 Å². The van der Waals surface area contributed by atoms with Gasteiger partial charge in [0.25, 0.3) is 0 Å². The molecule has 7 heteroatoms. The Bertz CT molecular complexity index is 650. The molecule has 2 aromatic rings. The number of nitrogens with zero attached hydrogens (tertiary/aromatic N) is 1. The summed E-state index contributed by atoms with van der Waals surface area (Å²) < 4.78 is 15.9. The normalized spacial score (nSPS) is 10.0. The molecule has 1 aromatic heterocycles. The number of anilines is 1. The van der Waals surface area contributed by atoms with Crippen molar-refractivity contribution >= 4 is 11.7 Å². The van der Waals surface area contributed by atoms with E-state index < -0.39 is 5.97 Å². The predicted octanol–water partition coefficient (Wildman–Crippen LogP) is 2.17. The molecule has 0 bridgehead atoms. The number of ether oxygens (including phenoxy) is 3. The fourth-order valence-corrected chi connectivity index (χ4v) is 1.72. The highest BCUT2D eigenvalue weighted by atomic mass is 16.5. The van der Waals surface area contributed by atoms with E-state index in [9.17, 15) is 9.90 Å². The Hall–Kier alpha value is -2.96. The average molecular weight is 290 g/mol. The number of carboxylic acids is 1. The van der Waals surface area contributed by atoms with E-state index in [-0.39, 0.29) is 22.9 Å². The number of methoxy groups -OCH3 is 2. The lowest BCUT2D eigenvalue weighted by molar-refractivity contribution is 0.0693. The molecule has 0 fully saturated rings. The van der Waals surface area contributed by atoms with Crippen LogP contribution in [-0.4, -0.2) is 30.3 Å². The Balaban J connectivity index is 2.50. The van der Waals surface area contributed by atoms with Gasteiger partial charge in [0.1, 0.15) is 5.56 Å². The fraction of sp³-hybridized carbons (Fsp3) is 0.143. The van der Waals surface area contributed by atoms with Gasteiger partial charge in [-0.05, 0) is 18.2 Å². The first kappa shape index (κ1) is 14.4. The highest BCUT2D eigenvalue weighted by molar-refractivity contribution is 5.91. The summed E-state index contributed by atoms with van der Waals surface area (Å²) in [5.74, 6) is -0.269. The molecule has 7 nitrogen and oxygen atoms in total. The van der Waals surface area contributed by atoms with Gasteiger partial charge in [-0.15, -0.1) is 0 Å². The molecule has 0 aliphatic rings. The number of nitrogen functional groups attached to an aromatic ring is 1. The lowest BCUT2D eigenvalue weighted by atomic mass is 10.2. The second kappa shape index (κ2) is 6.00. The van der Waals surface area contributed by atoms with Crippen molar-refractivity contribution in [3.63, 3.8) is 0 Å². The molecule has 0 amide bonds. The van der Waals surface area contributed by atoms with Crippen LogP contribution in [0.1, 0.15) is 10.4 Å². The van der Waals surface area contributed by atoms with Crippen LogP contribution in [0.2, 0.25) is 0 Å². The largest absolute Gasteiger partial charge is 0.493 e. The van der Waals surface area contributed by atoms with Gasteiger partial charge in [-0.2, -0.15) is 0 Å². The molecule has 0 spiro atoms. The van der Waals surface area contributed by atoms with Crippen molar-refractivity contribution in [3.05, 3.63) is 36.0 Å². The van der Waals surface area contributed by atoms with E-state index in [1.165, 1.54) is 26.5 Å². The number of carboxylic acid groups (broad SMARTS) is 1. The van der Waals surface area contributed by atoms with Crippen LogP contribution >= 0.6 is 0 Å². The second-order valence-corrected chi connectivity index (χ2v) is 4.02. The first-order valence-electron chi connectivity index (χ1n) is 5.94. The van der Waals surface area contributed by atoms with Crippen molar-refractivity contribution in [1.29, 1.82) is 0 Å². The van der Waals surface area contributed by atoms with E-state index in [1.807, 2.05) is 0 Å². The van der Waals surface area contributed by atoms with Gasteiger partial charge in [0, 0.05) is 0 Å². The zero-order chi connectivity index (χ0) is 15.4. The maximum atomic E-state index is 11.2. The lowest BCUT2D eigenvalue weighted by Crippen LogP contribution is -2.04. The molecule has 0 unspecified atom stereocenters. The molecule has 1 aromatic carbocycles. The summed E-state index contributed by atoms with van der Waals surface area (Å²) in [4.78, 5) is 15.1. The van der Waals surface area contributed by atoms with Crippen LogP contribution in [0.15, 0.2) is 30.5 Å². The number of hydrogen-bond donors (Lipinski definition) is 2. The zero-order valence-corrected chi connectivity index (χ0v) is 11.5. The molecular weight excluding hydrogens is 276 g/mol. The maximum Gasteiger partial charge on any atom is 0.341 e. The van der Waals surface area contributed by atoms with Gasteiger partial charge < -0.3 is 25.1 Å². The van der Waals surface area contributed by atoms with Crippen molar-refractivity contribution < 1.29 is 24.1 Å². The minimum atomic E-state index is -1.20. The van der Waals surface area contributed by atoms with E-state index >= 15 is 0 Å². The van der Waals surface area contributed by atoms with Crippen molar-refractivity contribution in [3.8, 4) is 23.1 Å². The third kappa shape index (κ3) is 2.97. The molecular formula is C14H14N2O5. The van der Waals surface area contributed by atoms with Crippen LogP contribution < -0.4 is 19.9 Å². The number of benzene rings is 1. The molecule has 110 valence electrons. The molecule has 0 atom stereocenters. The molecule has 3 N–H and O–H groups in total. The minimum absolute atomic E-state index is 0.0977. The van der Waals surface area contributed by atoms with Gasteiger partial charge in [-0.1, -0.05) is 6.07 Å². The Labute approximate surface area is 120 Å². The Morgan fingerprint density at radius 2 is 1.86 bits per heavy atom. The summed E-state index contributed by atoms with van der Waals surface area (Å²) >= 11 is 0. The van der Waals surface area contributed by atoms with Crippen molar-refractivity contribution in [2.45, 2.75) is 0 Å². The van der Waals surface area contributed by atoms with Gasteiger partial charge in [0.2, 0.25) is 11.6 Å². The number of pyridine rings is 1. The van der Waals surface area contributed by atoms with Gasteiger partial charge in [-0.25, -0.2) is 9.78 Å². The SMILES string of the molecule is COc1cccc(OC)c1Oc1ncc(N)cc1C(=O)O. The van der Waals surface area contributed by atoms with Crippen molar-refractivity contribution in [2.24, 2.45) is 0 Å². The van der Waals surface area contributed by atoms with Gasteiger partial charge in [-0.3, -0.25) is 0 Å². The molecule has 0 saturated carbocycles. The molecule has 0 aliphatic heterocycles. The molecule has 0 radical (unpaired) electrons. The Morgan fingerprint density at radius 3 is 2.38 bits per heavy atom. The van der Waals surface area contributed by atoms with Crippen LogP contribution in [-0.2, 0) is 0 Å². The third-order valence-electron chi connectivity index (χ3n) is 2.68. The number of carbonyl (C=O) groups is 1. The molecule has 0 aliphatic carbocycles. The molecule has 21 heavy (non-hydrogen) atoms. The second-order valence-electron chi connectivity index (χ2n) is 4.02. The number of nitrogens with two attached hydrogens (primary N) is 1. The van der Waals surface area contributed by atoms with E-state index in [0.29, 0.717) is 11.5 Å². The zero-order valence-electron chi connectivity index (χ0n) is 11.5. The summed E-state index contributed by atoms with van der Waals surface area (Å²) in [5, 5.41) is 9.18. The number of para-hydroxylation sites is 1. The monoisotopic (exact) mass is 290 g/mol. The smallest absolute Gasteiger partial charge is 0.341 e. The van der Waals surface area contributed by atoms with E-state index in [2.05, 4.69) is 4.98 Å². The third-order valence-corrected chi connectivity index (χ3v) is 2.68. The summed E-state index contributed by atoms with van der Waals surface area (Å²) in [6.07, 6.45) is 1.31. The number of aromatic nitrogens is 1. The molecule has 1 heterocycles. The maximum absolute atomic E-state index is 11.2. The first-order chi connectivity index (χ1) is 10.1. The summed E-state index contributed by atoms with van der Waals surface area (Å²) in [7, 11) is 2.94. The average Bonchev–Trinajstić information content (AvgIpc) is 2.48. The standard InChI is InChI=1S/C14H14N2O5/c1-19-10-4-3-5-11(20-2)12(10)21-13-9(14(17)18)6-8(15)7-16-13/h3-7H,15H2,1-2H3,(H,17,18). The topological polar surface area (TPSA) is 104 Å². The summed E-state index contributed by atoms with van der Waals surface area (Å²) in [5.41, 5.74) is 5.62. The highest BCUT2D eigenvalue weighted by Crippen LogP contribution is 2.40. The van der Waals surface area contributed by atoms with Crippen LogP contribution in [0.5, 0.6) is 23.1 Å². The number of aromatic carboxylic acids is 1. The van der Waals surface area contributed by atoms with Crippen LogP contribution in [0.4, 0.5) is 5.69 Å². The number of rotatable bonds is 5. The summed E-state index contributed by atoms with van der Waals surface area (Å²) in [6, 6.07) is 6.32. The lowest BCUT2D eigenvalue weighted by Gasteiger charge is -2.14. The Morgan fingerprint density at radius 1 is 1.24 bits per heavy atom. The van der Waals surface area contributed by atoms with E-state index in [4.69, 9.17) is 19.9 Å². The van der Waals surface area contributed by atoms with Gasteiger partial charge in [0.15, 0.2) is 11.5 Å². The van der Waals surface area contributed by atoms with E-state index in [1.54, 1.807) is 18.2 Å². The van der Waals surface area contributed by atoms with Gasteiger partial charge >= 0.3 is 5.97 Å². The van der Waals surface area contributed by atoms with Crippen LogP contribution in [0.3, 0.4) is 0 Å². The predicted molar refractivity (Wildman–Crippen MR) is 75.2 cm³/mol. The summed E-state index contributed by atoms with van der Waals surface area (Å²) in [6.45, 7) is 0. The highest BCUT2D eigenvalue weighted by Gasteiger charge is 2.19. The first-order valence-corrected chi connectivity index (χ1v) is 5.94. The fourth-order valence-electron chi connectivity index (χ4n) is 1.72.